The number of hydrogen-bond donors (Lipinski definition) is 2. The highest BCUT2D eigenvalue weighted by atomic mass is 14.5. The third-order valence-corrected chi connectivity index (χ3v) is 1.59. The summed E-state index contributed by atoms with van der Waals surface area (Å²) in [6, 6.07) is 0. The fourth-order valence-corrected chi connectivity index (χ4v) is 0.842. The van der Waals surface area contributed by atoms with Gasteiger partial charge in [-0.3, -0.25) is 0 Å². The first-order valence-corrected chi connectivity index (χ1v) is 4.33. The fraction of sp³-hybridized carbons (Fsp3) is 0.273. The molecule has 0 radical (unpaired) electrons. The average Bonchev–Trinajstić information content (AvgIpc) is 2.16. The highest BCUT2D eigenvalue weighted by Gasteiger charge is 1.86. The minimum absolute atomic E-state index is 0.839. The summed E-state index contributed by atoms with van der Waals surface area (Å²) in [5.74, 6) is 0. The van der Waals surface area contributed by atoms with Crippen molar-refractivity contribution in [1.82, 2.24) is 0 Å². The lowest BCUT2D eigenvalue weighted by atomic mass is 10.1. The van der Waals surface area contributed by atoms with Gasteiger partial charge in [-0.1, -0.05) is 24.3 Å². The lowest BCUT2D eigenvalue weighted by Gasteiger charge is -1.94. The van der Waals surface area contributed by atoms with Gasteiger partial charge in [0.15, 0.2) is 0 Å². The number of nitrogens with two attached hydrogens (primary N) is 2. The first-order valence-electron chi connectivity index (χ1n) is 4.33. The molecule has 2 heteroatoms. The van der Waals surface area contributed by atoms with Crippen molar-refractivity contribution in [3.8, 4) is 0 Å². The van der Waals surface area contributed by atoms with E-state index in [9.17, 15) is 0 Å². The molecule has 0 aliphatic rings. The molecular formula is C11H18N2. The molecule has 0 aliphatic heterocycles. The molecule has 13 heavy (non-hydrogen) atoms. The molecule has 0 unspecified atom stereocenters. The number of rotatable bonds is 4. The van der Waals surface area contributed by atoms with E-state index in [-0.39, 0.29) is 0 Å². The zero-order valence-corrected chi connectivity index (χ0v) is 8.33. The van der Waals surface area contributed by atoms with Crippen molar-refractivity contribution in [3.05, 3.63) is 47.9 Å². The van der Waals surface area contributed by atoms with Gasteiger partial charge in [-0.05, 0) is 43.8 Å². The van der Waals surface area contributed by atoms with Crippen LogP contribution in [0.4, 0.5) is 0 Å². The van der Waals surface area contributed by atoms with Gasteiger partial charge in [0.2, 0.25) is 0 Å². The van der Waals surface area contributed by atoms with E-state index in [2.05, 4.69) is 0 Å². The van der Waals surface area contributed by atoms with Crippen LogP contribution in [0.1, 0.15) is 20.3 Å². The standard InChI is InChI=1S/C11H18N2/c1-3-5-11(9-13)7-4-6-10(2)8-12/h3-6,8-9H,7,12-13H2,1-2H3/b5-3-,6-4-,10-8-,11-9+. The van der Waals surface area contributed by atoms with Crippen LogP contribution in [0.15, 0.2) is 47.9 Å². The summed E-state index contributed by atoms with van der Waals surface area (Å²) in [5, 5.41) is 0. The van der Waals surface area contributed by atoms with E-state index < -0.39 is 0 Å². The van der Waals surface area contributed by atoms with Crippen molar-refractivity contribution in [2.45, 2.75) is 20.3 Å². The Bertz CT molecular complexity index is 245. The van der Waals surface area contributed by atoms with Crippen molar-refractivity contribution in [3.63, 3.8) is 0 Å². The summed E-state index contributed by atoms with van der Waals surface area (Å²) >= 11 is 0. The predicted octanol–water partition coefficient (Wildman–Crippen LogP) is 2.21. The maximum absolute atomic E-state index is 5.42. The summed E-state index contributed by atoms with van der Waals surface area (Å²) in [4.78, 5) is 0. The third-order valence-electron chi connectivity index (χ3n) is 1.59. The maximum atomic E-state index is 5.42. The number of hydrogen-bond acceptors (Lipinski definition) is 2. The molecule has 0 aromatic rings. The van der Waals surface area contributed by atoms with Crippen LogP contribution in [0, 0.1) is 0 Å². The van der Waals surface area contributed by atoms with Crippen LogP contribution in [0.2, 0.25) is 0 Å². The van der Waals surface area contributed by atoms with E-state index >= 15 is 0 Å². The van der Waals surface area contributed by atoms with Gasteiger partial charge >= 0.3 is 0 Å². The molecule has 2 nitrogen and oxygen atoms in total. The Labute approximate surface area is 80.3 Å². The Morgan fingerprint density at radius 1 is 1.15 bits per heavy atom. The molecule has 0 aliphatic carbocycles. The second-order valence-electron chi connectivity index (χ2n) is 2.76. The second-order valence-corrected chi connectivity index (χ2v) is 2.76. The van der Waals surface area contributed by atoms with E-state index in [0.717, 1.165) is 17.6 Å². The molecule has 0 aromatic heterocycles. The van der Waals surface area contributed by atoms with Gasteiger partial charge in [-0.25, -0.2) is 0 Å². The molecule has 0 heterocycles. The summed E-state index contributed by atoms with van der Waals surface area (Å²) in [5.41, 5.74) is 12.9. The van der Waals surface area contributed by atoms with Crippen molar-refractivity contribution in [2.75, 3.05) is 0 Å². The third kappa shape index (κ3) is 5.79. The molecule has 0 aromatic carbocycles. The fourth-order valence-electron chi connectivity index (χ4n) is 0.842. The van der Waals surface area contributed by atoms with E-state index in [1.165, 1.54) is 0 Å². The molecule has 72 valence electrons. The van der Waals surface area contributed by atoms with Gasteiger partial charge in [0, 0.05) is 0 Å². The lowest BCUT2D eigenvalue weighted by molar-refractivity contribution is 1.24. The minimum atomic E-state index is 0.839. The van der Waals surface area contributed by atoms with Gasteiger partial charge in [0.1, 0.15) is 0 Å². The molecule has 0 saturated heterocycles. The molecule has 0 atom stereocenters. The van der Waals surface area contributed by atoms with Crippen LogP contribution < -0.4 is 11.5 Å². The van der Waals surface area contributed by atoms with E-state index in [1.54, 1.807) is 12.4 Å². The van der Waals surface area contributed by atoms with Gasteiger partial charge in [-0.15, -0.1) is 0 Å². The molecule has 0 rings (SSSR count). The molecule has 0 saturated carbocycles. The average molecular weight is 178 g/mol. The van der Waals surface area contributed by atoms with Crippen molar-refractivity contribution >= 4 is 0 Å². The Morgan fingerprint density at radius 2 is 1.85 bits per heavy atom. The molecule has 0 bridgehead atoms. The summed E-state index contributed by atoms with van der Waals surface area (Å²) in [6.45, 7) is 3.93. The topological polar surface area (TPSA) is 52.0 Å². The van der Waals surface area contributed by atoms with E-state index in [4.69, 9.17) is 11.5 Å². The highest BCUT2D eigenvalue weighted by Crippen LogP contribution is 2.04. The Kier molecular flexibility index (Phi) is 6.42. The predicted molar refractivity (Wildman–Crippen MR) is 58.8 cm³/mol. The Hall–Kier alpha value is -1.44. The van der Waals surface area contributed by atoms with Crippen LogP contribution in [0.25, 0.3) is 0 Å². The molecule has 4 N–H and O–H groups in total. The monoisotopic (exact) mass is 178 g/mol. The van der Waals surface area contributed by atoms with Crippen molar-refractivity contribution in [1.29, 1.82) is 0 Å². The maximum Gasteiger partial charge on any atom is -0.00266 e. The first kappa shape index (κ1) is 11.6. The zero-order chi connectivity index (χ0) is 10.1. The van der Waals surface area contributed by atoms with Crippen LogP contribution in [-0.2, 0) is 0 Å². The molecule has 0 amide bonds. The Balaban J connectivity index is 4.07. The van der Waals surface area contributed by atoms with Crippen LogP contribution >= 0.6 is 0 Å². The van der Waals surface area contributed by atoms with E-state index in [0.29, 0.717) is 0 Å². The van der Waals surface area contributed by atoms with Gasteiger partial charge in [0.25, 0.3) is 0 Å². The highest BCUT2D eigenvalue weighted by molar-refractivity contribution is 5.23. The first-order chi connectivity index (χ1) is 6.24. The van der Waals surface area contributed by atoms with Gasteiger partial charge in [0.05, 0.1) is 0 Å². The summed E-state index contributed by atoms with van der Waals surface area (Å²) in [7, 11) is 0. The van der Waals surface area contributed by atoms with Crippen molar-refractivity contribution < 1.29 is 0 Å². The van der Waals surface area contributed by atoms with Crippen molar-refractivity contribution in [2.24, 2.45) is 11.5 Å². The van der Waals surface area contributed by atoms with Gasteiger partial charge in [-0.2, -0.15) is 0 Å². The lowest BCUT2D eigenvalue weighted by Crippen LogP contribution is -1.85. The number of allylic oxidation sites excluding steroid dienone is 6. The minimum Gasteiger partial charge on any atom is -0.404 e. The zero-order valence-electron chi connectivity index (χ0n) is 8.33. The van der Waals surface area contributed by atoms with Crippen LogP contribution in [0.3, 0.4) is 0 Å². The normalized spacial score (nSPS) is 14.6. The largest absolute Gasteiger partial charge is 0.404 e. The summed E-state index contributed by atoms with van der Waals surface area (Å²) < 4.78 is 0. The van der Waals surface area contributed by atoms with E-state index in [1.807, 2.05) is 38.2 Å². The summed E-state index contributed by atoms with van der Waals surface area (Å²) in [6.07, 6.45) is 12.0. The smallest absolute Gasteiger partial charge is 0.00266 e. The van der Waals surface area contributed by atoms with Crippen LogP contribution in [-0.4, -0.2) is 0 Å². The second kappa shape index (κ2) is 7.22. The van der Waals surface area contributed by atoms with Gasteiger partial charge < -0.3 is 11.5 Å². The van der Waals surface area contributed by atoms with Crippen LogP contribution in [0.5, 0.6) is 0 Å². The quantitative estimate of drug-likeness (QED) is 0.648. The molecular weight excluding hydrogens is 160 g/mol. The SMILES string of the molecule is C/C=C\C(=C/N)C/C=C\C(C)=C/N. The molecule has 0 spiro atoms. The Morgan fingerprint density at radius 3 is 2.31 bits per heavy atom. The molecule has 0 fully saturated rings.